The van der Waals surface area contributed by atoms with Gasteiger partial charge in [-0.15, -0.1) is 0 Å². The molecule has 25 heavy (non-hydrogen) atoms. The number of nitrogen functional groups attached to an aromatic ring is 1. The lowest BCUT2D eigenvalue weighted by Crippen LogP contribution is -2.34. The molecule has 1 aliphatic heterocycles. The summed E-state index contributed by atoms with van der Waals surface area (Å²) in [6.45, 7) is 3.53. The smallest absolute Gasteiger partial charge is 0.0575 e. The lowest BCUT2D eigenvalue weighted by Gasteiger charge is -2.39. The van der Waals surface area contributed by atoms with Crippen LogP contribution in [-0.2, 0) is 0 Å². The number of fused-ring (bicyclic) bond motifs is 2. The van der Waals surface area contributed by atoms with Gasteiger partial charge in [0.2, 0.25) is 0 Å². The fourth-order valence-electron chi connectivity index (χ4n) is 5.18. The first-order valence-corrected chi connectivity index (χ1v) is 10.3. The number of anilines is 2. The number of hydrogen-bond acceptors (Lipinski definition) is 3. The topological polar surface area (TPSA) is 41.3 Å². The van der Waals surface area contributed by atoms with Crippen molar-refractivity contribution in [3.05, 3.63) is 36.0 Å². The van der Waals surface area contributed by atoms with Crippen LogP contribution in [0.5, 0.6) is 0 Å². The first kappa shape index (κ1) is 16.8. The molecule has 0 radical (unpaired) electrons. The second-order valence-corrected chi connectivity index (χ2v) is 8.45. The Bertz CT molecular complexity index is 605. The summed E-state index contributed by atoms with van der Waals surface area (Å²) in [5.74, 6) is 1.82. The first-order chi connectivity index (χ1) is 12.2. The molecule has 1 saturated heterocycles. The quantitative estimate of drug-likeness (QED) is 0.740. The third-order valence-corrected chi connectivity index (χ3v) is 6.59. The Kier molecular flexibility index (Phi) is 4.91. The van der Waals surface area contributed by atoms with Crippen molar-refractivity contribution in [2.24, 2.45) is 11.8 Å². The summed E-state index contributed by atoms with van der Waals surface area (Å²) in [6, 6.07) is 9.23. The molecule has 136 valence electrons. The van der Waals surface area contributed by atoms with E-state index in [4.69, 9.17) is 5.73 Å². The van der Waals surface area contributed by atoms with Crippen LogP contribution in [0.2, 0.25) is 0 Å². The van der Waals surface area contributed by atoms with Gasteiger partial charge >= 0.3 is 0 Å². The number of allylic oxidation sites excluding steroid dienone is 1. The molecular formula is C22H33N3. The van der Waals surface area contributed by atoms with Crippen molar-refractivity contribution in [2.45, 2.75) is 70.4 Å². The summed E-state index contributed by atoms with van der Waals surface area (Å²) in [5, 5.41) is 3.62. The zero-order valence-electron chi connectivity index (χ0n) is 15.6. The lowest BCUT2D eigenvalue weighted by atomic mass is 9.69. The number of benzene rings is 1. The number of hydrogen-bond donors (Lipinski definition) is 2. The molecule has 3 nitrogen and oxygen atoms in total. The van der Waals surface area contributed by atoms with Gasteiger partial charge in [-0.2, -0.15) is 0 Å². The van der Waals surface area contributed by atoms with E-state index in [9.17, 15) is 0 Å². The summed E-state index contributed by atoms with van der Waals surface area (Å²) >= 11 is 0. The van der Waals surface area contributed by atoms with Crippen molar-refractivity contribution < 1.29 is 0 Å². The molecular weight excluding hydrogens is 306 g/mol. The van der Waals surface area contributed by atoms with Gasteiger partial charge in [-0.1, -0.05) is 25.0 Å². The average Bonchev–Trinajstić information content (AvgIpc) is 2.79. The Labute approximate surface area is 152 Å². The van der Waals surface area contributed by atoms with Crippen LogP contribution in [-0.4, -0.2) is 23.5 Å². The van der Waals surface area contributed by atoms with Crippen molar-refractivity contribution in [3.8, 4) is 0 Å². The minimum Gasteiger partial charge on any atom is -0.397 e. The highest BCUT2D eigenvalue weighted by Gasteiger charge is 2.37. The summed E-state index contributed by atoms with van der Waals surface area (Å²) < 4.78 is 0. The second kappa shape index (κ2) is 7.31. The monoisotopic (exact) mass is 339 g/mol. The van der Waals surface area contributed by atoms with E-state index in [0.29, 0.717) is 12.1 Å². The van der Waals surface area contributed by atoms with Gasteiger partial charge in [-0.05, 0) is 81.2 Å². The van der Waals surface area contributed by atoms with Crippen molar-refractivity contribution in [3.63, 3.8) is 0 Å². The molecule has 3 aliphatic rings. The van der Waals surface area contributed by atoms with E-state index < -0.39 is 0 Å². The standard InChI is InChI=1S/C22H33N3/c1-16(24-22-11-5-4-10-21(22)23)13-19-9-6-12-25(19)15-20-17-7-2-3-8-18(20)14-17/h4-5,10-11,15-19,24H,2-3,6-9,12-14,23H2,1H3/t16-,17?,18?,19-/m0/s1. The molecule has 2 unspecified atom stereocenters. The van der Waals surface area contributed by atoms with Crippen LogP contribution in [0.1, 0.15) is 58.3 Å². The number of nitrogens with one attached hydrogen (secondary N) is 1. The third-order valence-electron chi connectivity index (χ3n) is 6.59. The molecule has 0 amide bonds. The van der Waals surface area contributed by atoms with Crippen LogP contribution >= 0.6 is 0 Å². The van der Waals surface area contributed by atoms with Crippen LogP contribution in [0.15, 0.2) is 36.0 Å². The van der Waals surface area contributed by atoms with E-state index in [1.807, 2.05) is 12.1 Å². The van der Waals surface area contributed by atoms with E-state index in [1.165, 1.54) is 57.9 Å². The molecule has 2 bridgehead atoms. The maximum atomic E-state index is 6.08. The van der Waals surface area contributed by atoms with Crippen LogP contribution < -0.4 is 11.1 Å². The van der Waals surface area contributed by atoms with Gasteiger partial charge in [0.05, 0.1) is 11.4 Å². The van der Waals surface area contributed by atoms with Crippen molar-refractivity contribution in [1.29, 1.82) is 0 Å². The van der Waals surface area contributed by atoms with Crippen molar-refractivity contribution in [1.82, 2.24) is 4.90 Å². The summed E-state index contributed by atoms with van der Waals surface area (Å²) in [4.78, 5) is 2.67. The van der Waals surface area contributed by atoms with Gasteiger partial charge in [0.1, 0.15) is 0 Å². The van der Waals surface area contributed by atoms with Gasteiger partial charge in [0.15, 0.2) is 0 Å². The summed E-state index contributed by atoms with van der Waals surface area (Å²) in [7, 11) is 0. The van der Waals surface area contributed by atoms with Crippen LogP contribution in [0, 0.1) is 11.8 Å². The van der Waals surface area contributed by atoms with E-state index in [0.717, 1.165) is 23.2 Å². The Balaban J connectivity index is 1.38. The lowest BCUT2D eigenvalue weighted by molar-refractivity contribution is 0.276. The molecule has 3 fully saturated rings. The Morgan fingerprint density at radius 1 is 1.16 bits per heavy atom. The number of nitrogens with zero attached hydrogens (tertiary/aromatic N) is 1. The summed E-state index contributed by atoms with van der Waals surface area (Å²) in [6.07, 6.45) is 13.7. The van der Waals surface area contributed by atoms with Crippen LogP contribution in [0.4, 0.5) is 11.4 Å². The Morgan fingerprint density at radius 3 is 2.68 bits per heavy atom. The molecule has 3 N–H and O–H groups in total. The molecule has 4 rings (SSSR count). The molecule has 1 aromatic rings. The minimum absolute atomic E-state index is 0.442. The second-order valence-electron chi connectivity index (χ2n) is 8.45. The van der Waals surface area contributed by atoms with E-state index in [-0.39, 0.29) is 0 Å². The minimum atomic E-state index is 0.442. The van der Waals surface area contributed by atoms with Crippen LogP contribution in [0.3, 0.4) is 0 Å². The third kappa shape index (κ3) is 3.65. The van der Waals surface area contributed by atoms with Gasteiger partial charge in [0, 0.05) is 18.6 Å². The largest absolute Gasteiger partial charge is 0.397 e. The number of para-hydroxylation sites is 2. The maximum Gasteiger partial charge on any atom is 0.0575 e. The fourth-order valence-corrected chi connectivity index (χ4v) is 5.18. The molecule has 0 spiro atoms. The number of likely N-dealkylation sites (tertiary alicyclic amines) is 1. The van der Waals surface area contributed by atoms with Gasteiger partial charge in [-0.3, -0.25) is 0 Å². The zero-order chi connectivity index (χ0) is 17.2. The maximum absolute atomic E-state index is 6.08. The normalized spacial score (nSPS) is 29.7. The Hall–Kier alpha value is -1.64. The first-order valence-electron chi connectivity index (χ1n) is 10.3. The fraction of sp³-hybridized carbons (Fsp3) is 0.636. The summed E-state index contributed by atoms with van der Waals surface area (Å²) in [5.41, 5.74) is 9.79. The van der Waals surface area contributed by atoms with Crippen molar-refractivity contribution in [2.75, 3.05) is 17.6 Å². The molecule has 1 heterocycles. The predicted molar refractivity (Wildman–Crippen MR) is 106 cm³/mol. The van der Waals surface area contributed by atoms with E-state index >= 15 is 0 Å². The van der Waals surface area contributed by atoms with E-state index in [1.54, 1.807) is 5.57 Å². The molecule has 1 aromatic carbocycles. The van der Waals surface area contributed by atoms with Crippen molar-refractivity contribution >= 4 is 11.4 Å². The highest BCUT2D eigenvalue weighted by molar-refractivity contribution is 5.65. The molecule has 0 aromatic heterocycles. The van der Waals surface area contributed by atoms with Gasteiger partial charge in [-0.25, -0.2) is 0 Å². The van der Waals surface area contributed by atoms with Crippen LogP contribution in [0.25, 0.3) is 0 Å². The average molecular weight is 340 g/mol. The predicted octanol–water partition coefficient (Wildman–Crippen LogP) is 5.02. The highest BCUT2D eigenvalue weighted by atomic mass is 15.2. The molecule has 2 aliphatic carbocycles. The zero-order valence-corrected chi connectivity index (χ0v) is 15.6. The Morgan fingerprint density at radius 2 is 1.92 bits per heavy atom. The van der Waals surface area contributed by atoms with Gasteiger partial charge < -0.3 is 16.0 Å². The molecule has 2 saturated carbocycles. The SMILES string of the molecule is C[C@@H](C[C@@H]1CCCN1C=C1C2CCCCC1C2)Nc1ccccc1N. The van der Waals surface area contributed by atoms with Gasteiger partial charge in [0.25, 0.3) is 0 Å². The number of nitrogens with two attached hydrogens (primary N) is 1. The molecule has 4 atom stereocenters. The highest BCUT2D eigenvalue weighted by Crippen LogP contribution is 2.49. The number of rotatable bonds is 5. The molecule has 3 heteroatoms. The van der Waals surface area contributed by atoms with E-state index in [2.05, 4.69) is 35.5 Å².